The Bertz CT molecular complexity index is 1090. The maximum Gasteiger partial charge on any atom is 0.267 e. The Balaban J connectivity index is 1.53. The number of nitrogens with zero attached hydrogens (tertiary/aromatic N) is 2. The van der Waals surface area contributed by atoms with Crippen LogP contribution in [0.5, 0.6) is 5.75 Å². The number of hydrogen-bond donors (Lipinski definition) is 1. The van der Waals surface area contributed by atoms with Crippen LogP contribution in [0.2, 0.25) is 0 Å². The van der Waals surface area contributed by atoms with Crippen molar-refractivity contribution in [2.45, 2.75) is 32.2 Å². The zero-order valence-corrected chi connectivity index (χ0v) is 16.4. The van der Waals surface area contributed by atoms with E-state index in [-0.39, 0.29) is 18.0 Å². The molecule has 0 aliphatic heterocycles. The summed E-state index contributed by atoms with van der Waals surface area (Å²) in [4.78, 5) is 24.8. The first-order valence-electron chi connectivity index (χ1n) is 9.77. The zero-order chi connectivity index (χ0) is 20.2. The third kappa shape index (κ3) is 4.21. The van der Waals surface area contributed by atoms with E-state index < -0.39 is 0 Å². The van der Waals surface area contributed by atoms with Gasteiger partial charge in [-0.1, -0.05) is 12.1 Å². The van der Waals surface area contributed by atoms with Gasteiger partial charge in [0.25, 0.3) is 5.56 Å². The molecule has 6 heteroatoms. The normalized spacial score (nSPS) is 12.9. The summed E-state index contributed by atoms with van der Waals surface area (Å²) in [6.45, 7) is -0.132. The number of fused-ring (bicyclic) bond motifs is 1. The maximum absolute atomic E-state index is 12.6. The summed E-state index contributed by atoms with van der Waals surface area (Å²) in [6.07, 6.45) is 4.33. The predicted octanol–water partition coefficient (Wildman–Crippen LogP) is 3.44. The molecule has 1 amide bonds. The van der Waals surface area contributed by atoms with Crippen molar-refractivity contribution in [3.8, 4) is 17.0 Å². The Labute approximate surface area is 169 Å². The molecule has 0 unspecified atom stereocenters. The van der Waals surface area contributed by atoms with Crippen LogP contribution in [0.25, 0.3) is 11.3 Å². The van der Waals surface area contributed by atoms with E-state index in [1.54, 1.807) is 13.2 Å². The molecular formula is C23H23N3O3. The number of benzene rings is 2. The standard InChI is InChI=1S/C23H23N3O3/c1-29-18-11-9-17(10-12-18)20-13-14-23(28)26(25-20)15-22(27)24-21-8-4-6-16-5-2-3-7-19(16)21/h4,6,8-14H,2-3,5,7,15H2,1H3,(H,24,27). The van der Waals surface area contributed by atoms with E-state index in [0.29, 0.717) is 5.69 Å². The number of carbonyl (C=O) groups is 1. The van der Waals surface area contributed by atoms with E-state index in [2.05, 4.69) is 16.5 Å². The van der Waals surface area contributed by atoms with E-state index in [9.17, 15) is 9.59 Å². The monoisotopic (exact) mass is 389 g/mol. The summed E-state index contributed by atoms with van der Waals surface area (Å²) in [5.74, 6) is 0.484. The minimum Gasteiger partial charge on any atom is -0.497 e. The topological polar surface area (TPSA) is 73.2 Å². The highest BCUT2D eigenvalue weighted by molar-refractivity contribution is 5.91. The van der Waals surface area contributed by atoms with Gasteiger partial charge in [0, 0.05) is 17.3 Å². The van der Waals surface area contributed by atoms with Gasteiger partial charge in [-0.25, -0.2) is 4.68 Å². The first-order valence-corrected chi connectivity index (χ1v) is 9.77. The number of aryl methyl sites for hydroxylation is 1. The highest BCUT2D eigenvalue weighted by Gasteiger charge is 2.15. The summed E-state index contributed by atoms with van der Waals surface area (Å²) in [6, 6.07) is 16.5. The van der Waals surface area contributed by atoms with Crippen LogP contribution in [-0.2, 0) is 24.2 Å². The van der Waals surface area contributed by atoms with Crippen LogP contribution in [0.4, 0.5) is 5.69 Å². The number of nitrogens with one attached hydrogen (secondary N) is 1. The number of ether oxygens (including phenoxy) is 1. The molecule has 1 aliphatic rings. The van der Waals surface area contributed by atoms with E-state index in [0.717, 1.165) is 36.3 Å². The number of aromatic nitrogens is 2. The predicted molar refractivity (Wildman–Crippen MR) is 112 cm³/mol. The fraction of sp³-hybridized carbons (Fsp3) is 0.261. The summed E-state index contributed by atoms with van der Waals surface area (Å²) in [5.41, 5.74) is 4.50. The molecule has 1 aromatic heterocycles. The van der Waals surface area contributed by atoms with Crippen molar-refractivity contribution in [1.82, 2.24) is 9.78 Å². The molecule has 0 radical (unpaired) electrons. The van der Waals surface area contributed by atoms with E-state index in [1.165, 1.54) is 28.3 Å². The lowest BCUT2D eigenvalue weighted by Crippen LogP contribution is -2.29. The van der Waals surface area contributed by atoms with Crippen LogP contribution in [0, 0.1) is 0 Å². The molecule has 1 heterocycles. The maximum atomic E-state index is 12.6. The van der Waals surface area contributed by atoms with Gasteiger partial charge in [0.2, 0.25) is 5.91 Å². The van der Waals surface area contributed by atoms with E-state index in [1.807, 2.05) is 36.4 Å². The molecule has 148 valence electrons. The Morgan fingerprint density at radius 1 is 1.07 bits per heavy atom. The van der Waals surface area contributed by atoms with Gasteiger partial charge in [-0.15, -0.1) is 0 Å². The molecular weight excluding hydrogens is 366 g/mol. The highest BCUT2D eigenvalue weighted by Crippen LogP contribution is 2.27. The zero-order valence-electron chi connectivity index (χ0n) is 16.4. The van der Waals surface area contributed by atoms with Crippen molar-refractivity contribution in [2.75, 3.05) is 12.4 Å². The largest absolute Gasteiger partial charge is 0.497 e. The van der Waals surface area contributed by atoms with Gasteiger partial charge < -0.3 is 10.1 Å². The van der Waals surface area contributed by atoms with Gasteiger partial charge in [-0.2, -0.15) is 5.10 Å². The molecule has 0 spiro atoms. The van der Waals surface area contributed by atoms with Crippen LogP contribution in [0.1, 0.15) is 24.0 Å². The SMILES string of the molecule is COc1ccc(-c2ccc(=O)n(CC(=O)Nc3cccc4c3CCCC4)n2)cc1. The highest BCUT2D eigenvalue weighted by atomic mass is 16.5. The van der Waals surface area contributed by atoms with Crippen LogP contribution >= 0.6 is 0 Å². The van der Waals surface area contributed by atoms with Crippen molar-refractivity contribution in [3.05, 3.63) is 76.1 Å². The van der Waals surface area contributed by atoms with Gasteiger partial charge in [0.15, 0.2) is 0 Å². The van der Waals surface area contributed by atoms with Crippen molar-refractivity contribution in [1.29, 1.82) is 0 Å². The molecule has 1 N–H and O–H groups in total. The third-order valence-corrected chi connectivity index (χ3v) is 5.22. The molecule has 6 nitrogen and oxygen atoms in total. The van der Waals surface area contributed by atoms with Gasteiger partial charge >= 0.3 is 0 Å². The number of anilines is 1. The van der Waals surface area contributed by atoms with Gasteiger partial charge in [0.1, 0.15) is 12.3 Å². The van der Waals surface area contributed by atoms with E-state index >= 15 is 0 Å². The lowest BCUT2D eigenvalue weighted by atomic mass is 9.90. The molecule has 0 saturated carbocycles. The van der Waals surface area contributed by atoms with Crippen molar-refractivity contribution < 1.29 is 9.53 Å². The molecule has 0 saturated heterocycles. The third-order valence-electron chi connectivity index (χ3n) is 5.22. The first-order chi connectivity index (χ1) is 14.1. The quantitative estimate of drug-likeness (QED) is 0.726. The van der Waals surface area contributed by atoms with Gasteiger partial charge in [-0.3, -0.25) is 9.59 Å². The number of carbonyl (C=O) groups excluding carboxylic acids is 1. The van der Waals surface area contributed by atoms with Crippen molar-refractivity contribution >= 4 is 11.6 Å². The molecule has 1 aliphatic carbocycles. The van der Waals surface area contributed by atoms with Crippen LogP contribution < -0.4 is 15.6 Å². The second kappa shape index (κ2) is 8.31. The van der Waals surface area contributed by atoms with Crippen LogP contribution in [0.15, 0.2) is 59.4 Å². The molecule has 2 aromatic carbocycles. The molecule has 29 heavy (non-hydrogen) atoms. The molecule has 0 atom stereocenters. The lowest BCUT2D eigenvalue weighted by Gasteiger charge is -2.19. The summed E-state index contributed by atoms with van der Waals surface area (Å²) < 4.78 is 6.37. The van der Waals surface area contributed by atoms with Gasteiger partial charge in [-0.05, 0) is 73.2 Å². The average Bonchev–Trinajstić information content (AvgIpc) is 2.75. The van der Waals surface area contributed by atoms with Crippen LogP contribution in [0.3, 0.4) is 0 Å². The first kappa shape index (κ1) is 18.9. The number of methoxy groups -OCH3 is 1. The fourth-order valence-electron chi connectivity index (χ4n) is 3.70. The average molecular weight is 389 g/mol. The van der Waals surface area contributed by atoms with E-state index in [4.69, 9.17) is 4.74 Å². The Kier molecular flexibility index (Phi) is 5.42. The lowest BCUT2D eigenvalue weighted by molar-refractivity contribution is -0.117. The minimum absolute atomic E-state index is 0.132. The minimum atomic E-state index is -0.312. The summed E-state index contributed by atoms with van der Waals surface area (Å²) in [7, 11) is 1.61. The molecule has 0 fully saturated rings. The second-order valence-corrected chi connectivity index (χ2v) is 7.14. The summed E-state index contributed by atoms with van der Waals surface area (Å²) in [5, 5.41) is 7.33. The fourth-order valence-corrected chi connectivity index (χ4v) is 3.70. The molecule has 3 aromatic rings. The number of hydrogen-bond acceptors (Lipinski definition) is 4. The Morgan fingerprint density at radius 2 is 1.86 bits per heavy atom. The molecule has 4 rings (SSSR count). The molecule has 0 bridgehead atoms. The van der Waals surface area contributed by atoms with Crippen molar-refractivity contribution in [3.63, 3.8) is 0 Å². The Hall–Kier alpha value is -3.41. The van der Waals surface area contributed by atoms with Crippen LogP contribution in [-0.4, -0.2) is 22.8 Å². The van der Waals surface area contributed by atoms with Crippen molar-refractivity contribution in [2.24, 2.45) is 0 Å². The second-order valence-electron chi connectivity index (χ2n) is 7.14. The summed E-state index contributed by atoms with van der Waals surface area (Å²) >= 11 is 0. The Morgan fingerprint density at radius 3 is 2.66 bits per heavy atom. The number of rotatable bonds is 5. The van der Waals surface area contributed by atoms with Gasteiger partial charge in [0.05, 0.1) is 12.8 Å². The smallest absolute Gasteiger partial charge is 0.267 e. The number of amides is 1.